The van der Waals surface area contributed by atoms with Crippen molar-refractivity contribution in [3.05, 3.63) is 71.1 Å². The topological polar surface area (TPSA) is 65.7 Å². The Morgan fingerprint density at radius 3 is 2.48 bits per heavy atom. The van der Waals surface area contributed by atoms with Gasteiger partial charge in [0, 0.05) is 43.3 Å². The fourth-order valence-corrected chi connectivity index (χ4v) is 4.80. The SMILES string of the molecule is O=C([C@H]1CCCN1Cc1ccccc1)N1CCN(Cc2nc(-c3ccc(Cl)cc3)no2)CC1. The third kappa shape index (κ3) is 5.27. The molecule has 0 radical (unpaired) electrons. The highest BCUT2D eigenvalue weighted by molar-refractivity contribution is 6.30. The highest BCUT2D eigenvalue weighted by Gasteiger charge is 2.34. The van der Waals surface area contributed by atoms with E-state index in [0.717, 1.165) is 57.7 Å². The third-order valence-electron chi connectivity index (χ3n) is 6.49. The van der Waals surface area contributed by atoms with Gasteiger partial charge >= 0.3 is 0 Å². The molecule has 33 heavy (non-hydrogen) atoms. The summed E-state index contributed by atoms with van der Waals surface area (Å²) in [4.78, 5) is 24.4. The summed E-state index contributed by atoms with van der Waals surface area (Å²) in [5.41, 5.74) is 2.14. The minimum Gasteiger partial charge on any atom is -0.339 e. The number of hydrogen-bond donors (Lipinski definition) is 0. The smallest absolute Gasteiger partial charge is 0.241 e. The molecular formula is C25H28ClN5O2. The molecule has 3 aromatic rings. The van der Waals surface area contributed by atoms with E-state index in [2.05, 4.69) is 44.2 Å². The number of carbonyl (C=O) groups excluding carboxylic acids is 1. The first-order chi connectivity index (χ1) is 16.2. The summed E-state index contributed by atoms with van der Waals surface area (Å²) in [7, 11) is 0. The van der Waals surface area contributed by atoms with Crippen molar-refractivity contribution >= 4 is 17.5 Å². The molecule has 0 saturated carbocycles. The fourth-order valence-electron chi connectivity index (χ4n) is 4.68. The van der Waals surface area contributed by atoms with Crippen molar-refractivity contribution < 1.29 is 9.32 Å². The number of likely N-dealkylation sites (tertiary alicyclic amines) is 1. The quantitative estimate of drug-likeness (QED) is 0.553. The number of halogens is 1. The normalized spacial score (nSPS) is 19.8. The first-order valence-electron chi connectivity index (χ1n) is 11.5. The van der Waals surface area contributed by atoms with Gasteiger partial charge in [-0.2, -0.15) is 4.98 Å². The summed E-state index contributed by atoms with van der Waals surface area (Å²) in [6.07, 6.45) is 2.03. The highest BCUT2D eigenvalue weighted by atomic mass is 35.5. The Labute approximate surface area is 198 Å². The molecule has 0 unspecified atom stereocenters. The first kappa shape index (κ1) is 22.1. The summed E-state index contributed by atoms with van der Waals surface area (Å²) in [5.74, 6) is 1.42. The molecule has 1 amide bonds. The van der Waals surface area contributed by atoms with Crippen LogP contribution in [0.3, 0.4) is 0 Å². The molecule has 0 bridgehead atoms. The Morgan fingerprint density at radius 2 is 1.73 bits per heavy atom. The maximum Gasteiger partial charge on any atom is 0.241 e. The second kappa shape index (κ2) is 10.0. The lowest BCUT2D eigenvalue weighted by molar-refractivity contribution is -0.138. The molecule has 0 N–H and O–H groups in total. The van der Waals surface area contributed by atoms with E-state index in [9.17, 15) is 4.79 Å². The molecule has 0 spiro atoms. The summed E-state index contributed by atoms with van der Waals surface area (Å²) < 4.78 is 5.46. The van der Waals surface area contributed by atoms with Crippen molar-refractivity contribution in [3.63, 3.8) is 0 Å². The molecule has 2 aliphatic rings. The van der Waals surface area contributed by atoms with Gasteiger partial charge < -0.3 is 9.42 Å². The Bertz CT molecular complexity index is 1060. The predicted octanol–water partition coefficient (Wildman–Crippen LogP) is 3.70. The Kier molecular flexibility index (Phi) is 6.71. The van der Waals surface area contributed by atoms with E-state index >= 15 is 0 Å². The van der Waals surface area contributed by atoms with E-state index in [1.165, 1.54) is 5.56 Å². The molecule has 172 valence electrons. The summed E-state index contributed by atoms with van der Waals surface area (Å²) in [6, 6.07) is 17.8. The maximum absolute atomic E-state index is 13.3. The van der Waals surface area contributed by atoms with Crippen molar-refractivity contribution in [2.45, 2.75) is 32.0 Å². The minimum atomic E-state index is -0.00497. The van der Waals surface area contributed by atoms with Gasteiger partial charge in [-0.3, -0.25) is 14.6 Å². The first-order valence-corrected chi connectivity index (χ1v) is 11.9. The van der Waals surface area contributed by atoms with Crippen LogP contribution in [0.1, 0.15) is 24.3 Å². The van der Waals surface area contributed by atoms with E-state index in [-0.39, 0.29) is 11.9 Å². The number of hydrogen-bond acceptors (Lipinski definition) is 6. The van der Waals surface area contributed by atoms with Crippen LogP contribution < -0.4 is 0 Å². The molecule has 1 atom stereocenters. The fraction of sp³-hybridized carbons (Fsp3) is 0.400. The van der Waals surface area contributed by atoms with Gasteiger partial charge in [-0.25, -0.2) is 0 Å². The van der Waals surface area contributed by atoms with Crippen molar-refractivity contribution in [3.8, 4) is 11.4 Å². The maximum atomic E-state index is 13.3. The Hall–Kier alpha value is -2.74. The van der Waals surface area contributed by atoms with Crippen LogP contribution in [0.25, 0.3) is 11.4 Å². The zero-order valence-electron chi connectivity index (χ0n) is 18.6. The van der Waals surface area contributed by atoms with Crippen LogP contribution in [0.5, 0.6) is 0 Å². The number of nitrogens with zero attached hydrogens (tertiary/aromatic N) is 5. The molecule has 3 heterocycles. The molecule has 2 aromatic carbocycles. The number of benzene rings is 2. The zero-order chi connectivity index (χ0) is 22.6. The lowest BCUT2D eigenvalue weighted by atomic mass is 10.1. The van der Waals surface area contributed by atoms with Crippen LogP contribution in [0, 0.1) is 0 Å². The number of piperazine rings is 1. The molecule has 2 aliphatic heterocycles. The summed E-state index contributed by atoms with van der Waals surface area (Å²) >= 11 is 5.95. The van der Waals surface area contributed by atoms with Gasteiger partial charge in [-0.15, -0.1) is 0 Å². The molecule has 2 saturated heterocycles. The number of aromatic nitrogens is 2. The van der Waals surface area contributed by atoms with Gasteiger partial charge in [0.2, 0.25) is 17.6 Å². The van der Waals surface area contributed by atoms with E-state index in [4.69, 9.17) is 16.1 Å². The monoisotopic (exact) mass is 465 g/mol. The van der Waals surface area contributed by atoms with Crippen LogP contribution in [-0.2, 0) is 17.9 Å². The van der Waals surface area contributed by atoms with E-state index in [1.807, 2.05) is 35.2 Å². The van der Waals surface area contributed by atoms with E-state index < -0.39 is 0 Å². The minimum absolute atomic E-state index is 0.00497. The molecule has 8 heteroatoms. The number of carbonyl (C=O) groups is 1. The van der Waals surface area contributed by atoms with Gasteiger partial charge in [-0.1, -0.05) is 47.1 Å². The van der Waals surface area contributed by atoms with Crippen molar-refractivity contribution in [1.82, 2.24) is 24.8 Å². The van der Waals surface area contributed by atoms with Gasteiger partial charge in [-0.05, 0) is 49.2 Å². The van der Waals surface area contributed by atoms with Crippen molar-refractivity contribution in [2.75, 3.05) is 32.7 Å². The zero-order valence-corrected chi connectivity index (χ0v) is 19.3. The van der Waals surface area contributed by atoms with Gasteiger partial charge in [0.1, 0.15) is 0 Å². The van der Waals surface area contributed by atoms with Crippen LogP contribution >= 0.6 is 11.6 Å². The Morgan fingerprint density at radius 1 is 0.970 bits per heavy atom. The van der Waals surface area contributed by atoms with Gasteiger partial charge in [0.05, 0.1) is 12.6 Å². The molecule has 1 aromatic heterocycles. The standard InChI is InChI=1S/C25H28ClN5O2/c26-21-10-8-20(9-11-21)24-27-23(33-28-24)18-29-13-15-30(16-14-29)25(32)22-7-4-12-31(22)17-19-5-2-1-3-6-19/h1-3,5-6,8-11,22H,4,7,12-18H2/t22-/m1/s1. The summed E-state index contributed by atoms with van der Waals surface area (Å²) in [6.45, 7) is 5.47. The summed E-state index contributed by atoms with van der Waals surface area (Å²) in [5, 5.41) is 4.77. The highest BCUT2D eigenvalue weighted by Crippen LogP contribution is 2.23. The van der Waals surface area contributed by atoms with E-state index in [1.54, 1.807) is 0 Å². The number of rotatable bonds is 6. The third-order valence-corrected chi connectivity index (χ3v) is 6.74. The second-order valence-electron chi connectivity index (χ2n) is 8.73. The van der Waals surface area contributed by atoms with Crippen LogP contribution in [0.15, 0.2) is 59.1 Å². The molecule has 2 fully saturated rings. The largest absolute Gasteiger partial charge is 0.339 e. The molecule has 5 rings (SSSR count). The molecular weight excluding hydrogens is 438 g/mol. The lowest BCUT2D eigenvalue weighted by Gasteiger charge is -2.36. The van der Waals surface area contributed by atoms with Crippen molar-refractivity contribution in [1.29, 1.82) is 0 Å². The lowest BCUT2D eigenvalue weighted by Crippen LogP contribution is -2.53. The second-order valence-corrected chi connectivity index (χ2v) is 9.17. The predicted molar refractivity (Wildman–Crippen MR) is 126 cm³/mol. The molecule has 0 aliphatic carbocycles. The molecule has 7 nitrogen and oxygen atoms in total. The van der Waals surface area contributed by atoms with E-state index in [0.29, 0.717) is 23.3 Å². The van der Waals surface area contributed by atoms with Crippen LogP contribution in [0.4, 0.5) is 0 Å². The number of amides is 1. The van der Waals surface area contributed by atoms with Gasteiger partial charge in [0.25, 0.3) is 0 Å². The Balaban J connectivity index is 1.13. The van der Waals surface area contributed by atoms with Crippen LogP contribution in [-0.4, -0.2) is 69.5 Å². The average molecular weight is 466 g/mol. The van der Waals surface area contributed by atoms with Gasteiger partial charge in [0.15, 0.2) is 0 Å². The average Bonchev–Trinajstić information content (AvgIpc) is 3.50. The van der Waals surface area contributed by atoms with Crippen LogP contribution in [0.2, 0.25) is 5.02 Å². The van der Waals surface area contributed by atoms with Crippen molar-refractivity contribution in [2.24, 2.45) is 0 Å².